The van der Waals surface area contributed by atoms with E-state index in [0.717, 1.165) is 177 Å². The average Bonchev–Trinajstić information content (AvgIpc) is 1.66. The highest BCUT2D eigenvalue weighted by atomic mass is 16.6. The van der Waals surface area contributed by atoms with Gasteiger partial charge in [0.25, 0.3) is 5.91 Å². The number of aromatic nitrogens is 4. The average molecular weight is 1910 g/mol. The SMILES string of the molecule is O=C(OCc1ccccc1)N1CCc2c([nH]c3ccccc23)[C@H]1c1ccc2c(c1)CCO2.O=C(OCc1ccccc1)N1Cc2c([nH]c3ccccc3c2=O)[C@H]1c1ccc2c(c1)CCO2.O=C1CCN(C(=O)OCc2ccccc2)[C@H](c2ccc3c(c2)CCO3)C(=O)Nc2ccccc21.O=c1c2c([nH]c3ccccc13)[C@@H](c1ccc3c(c1)CCO3)NC2.c1ccc2c3c([nH]c2c1)[C@@H](c1ccc2c(c1)CCO2)NCC3. The second-order valence-electron chi connectivity index (χ2n) is 37.5. The van der Waals surface area contributed by atoms with E-state index < -0.39 is 30.2 Å². The van der Waals surface area contributed by atoms with Gasteiger partial charge in [0.2, 0.25) is 0 Å². The minimum atomic E-state index is -0.965. The number of H-pyrrole nitrogens is 4. The second-order valence-corrected chi connectivity index (χ2v) is 37.5. The van der Waals surface area contributed by atoms with Crippen LogP contribution in [-0.4, -0.2) is 117 Å². The fourth-order valence-electron chi connectivity index (χ4n) is 21.7. The molecule has 0 fully saturated rings. The molecule has 720 valence electrons. The molecule has 10 aliphatic rings. The molecule has 0 bridgehead atoms. The van der Waals surface area contributed by atoms with Crippen LogP contribution in [0.3, 0.4) is 0 Å². The van der Waals surface area contributed by atoms with E-state index in [0.29, 0.717) is 60.7 Å². The molecule has 0 radical (unpaired) electrons. The molecule has 4 amide bonds. The molecule has 0 saturated heterocycles. The number of hydrogen-bond acceptors (Lipinski definition) is 17. The van der Waals surface area contributed by atoms with Gasteiger partial charge < -0.3 is 73.8 Å². The number of carbonyl (C=O) groups excluding carboxylic acids is 5. The van der Waals surface area contributed by atoms with Gasteiger partial charge in [-0.05, 0) is 193 Å². The normalized spacial score (nSPS) is 17.6. The fourth-order valence-corrected chi connectivity index (χ4v) is 21.7. The number of ether oxygens (including phenoxy) is 8. The molecule has 7 N–H and O–H groups in total. The van der Waals surface area contributed by atoms with Crippen molar-refractivity contribution in [2.75, 3.05) is 58.0 Å². The minimum Gasteiger partial charge on any atom is -0.493 e. The highest BCUT2D eigenvalue weighted by Gasteiger charge is 2.42. The van der Waals surface area contributed by atoms with Crippen molar-refractivity contribution in [3.63, 3.8) is 0 Å². The maximum atomic E-state index is 13.6. The third kappa shape index (κ3) is 18.3. The molecule has 25 heteroatoms. The van der Waals surface area contributed by atoms with Crippen molar-refractivity contribution in [3.05, 3.63) is 447 Å². The predicted molar refractivity (Wildman–Crippen MR) is 549 cm³/mol. The van der Waals surface area contributed by atoms with E-state index in [2.05, 4.69) is 127 Å². The van der Waals surface area contributed by atoms with Crippen LogP contribution in [0, 0.1) is 0 Å². The number of para-hydroxylation sites is 5. The zero-order valence-electron chi connectivity index (χ0n) is 79.1. The lowest BCUT2D eigenvalue weighted by Gasteiger charge is -2.35. The van der Waals surface area contributed by atoms with Gasteiger partial charge in [0.1, 0.15) is 66.7 Å². The molecule has 0 unspecified atom stereocenters. The molecule has 0 saturated carbocycles. The van der Waals surface area contributed by atoms with Crippen molar-refractivity contribution >= 4 is 79.3 Å². The number of amides is 4. The predicted octanol–water partition coefficient (Wildman–Crippen LogP) is 20.6. The van der Waals surface area contributed by atoms with Gasteiger partial charge in [-0.15, -0.1) is 0 Å². The molecule has 14 heterocycles. The number of pyridine rings is 2. The first-order valence-electron chi connectivity index (χ1n) is 49.3. The van der Waals surface area contributed by atoms with E-state index in [1.165, 1.54) is 65.8 Å². The molecule has 17 aromatic rings. The number of nitrogens with one attached hydrogen (secondary N) is 7. The molecule has 5 atom stereocenters. The van der Waals surface area contributed by atoms with Crippen LogP contribution >= 0.6 is 0 Å². The zero-order valence-corrected chi connectivity index (χ0v) is 79.1. The van der Waals surface area contributed by atoms with Crippen molar-refractivity contribution in [2.24, 2.45) is 0 Å². The van der Waals surface area contributed by atoms with Gasteiger partial charge in [-0.1, -0.05) is 206 Å². The van der Waals surface area contributed by atoms with Crippen molar-refractivity contribution in [2.45, 2.75) is 114 Å². The Morgan fingerprint density at radius 3 is 1.14 bits per heavy atom. The molecular weight excluding hydrogens is 1810 g/mol. The molecule has 4 aromatic heterocycles. The largest absolute Gasteiger partial charge is 0.493 e. The van der Waals surface area contributed by atoms with Crippen molar-refractivity contribution in [1.29, 1.82) is 0 Å². The lowest BCUT2D eigenvalue weighted by molar-refractivity contribution is -0.121. The summed E-state index contributed by atoms with van der Waals surface area (Å²) in [6, 6.07) is 97.1. The summed E-state index contributed by atoms with van der Waals surface area (Å²) in [6.07, 6.45) is 4.99. The number of Topliss-reactive ketones (excluding diaryl/α,β-unsaturated/α-hetero) is 1. The summed E-state index contributed by atoms with van der Waals surface area (Å²) in [5, 5.41) is 14.0. The zero-order chi connectivity index (χ0) is 97.3. The van der Waals surface area contributed by atoms with Crippen LogP contribution in [0.5, 0.6) is 28.7 Å². The van der Waals surface area contributed by atoms with Gasteiger partial charge in [-0.3, -0.25) is 33.9 Å². The number of ketones is 1. The quantitative estimate of drug-likeness (QED) is 0.0592. The first kappa shape index (κ1) is 91.0. The Morgan fingerprint density at radius 2 is 0.660 bits per heavy atom. The number of nitrogens with zero attached hydrogens (tertiary/aromatic N) is 3. The van der Waals surface area contributed by atoms with E-state index in [1.807, 2.05) is 187 Å². The summed E-state index contributed by atoms with van der Waals surface area (Å²) in [5.41, 5.74) is 27.1. The Balaban J connectivity index is 0.000000101. The summed E-state index contributed by atoms with van der Waals surface area (Å²) in [6.45, 7) is 6.51. The Labute approximate surface area is 829 Å². The van der Waals surface area contributed by atoms with Crippen LogP contribution in [0.15, 0.2) is 313 Å². The van der Waals surface area contributed by atoms with E-state index in [-0.39, 0.29) is 80.2 Å². The lowest BCUT2D eigenvalue weighted by Crippen LogP contribution is -2.42. The van der Waals surface area contributed by atoms with Crippen LogP contribution in [0.2, 0.25) is 0 Å². The molecular formula is C119H104N10O15. The number of anilines is 1. The maximum Gasteiger partial charge on any atom is 0.411 e. The second kappa shape index (κ2) is 40.1. The van der Waals surface area contributed by atoms with E-state index in [4.69, 9.17) is 37.9 Å². The number of fused-ring (bicyclic) bond motifs is 16. The Morgan fingerprint density at radius 1 is 0.312 bits per heavy atom. The fraction of sp³-hybridized carbons (Fsp3) is 0.218. The van der Waals surface area contributed by atoms with Crippen LogP contribution in [-0.2, 0) is 96.9 Å². The van der Waals surface area contributed by atoms with Gasteiger partial charge in [0.05, 0.1) is 63.0 Å². The molecule has 25 nitrogen and oxygen atoms in total. The Bertz CT molecular complexity index is 7960. The van der Waals surface area contributed by atoms with Crippen LogP contribution < -0.4 is 50.5 Å². The molecule has 27 rings (SSSR count). The highest BCUT2D eigenvalue weighted by molar-refractivity contribution is 6.07. The highest BCUT2D eigenvalue weighted by Crippen LogP contribution is 2.46. The number of carbonyl (C=O) groups is 5. The van der Waals surface area contributed by atoms with E-state index in [9.17, 15) is 33.6 Å². The monoisotopic (exact) mass is 1910 g/mol. The smallest absolute Gasteiger partial charge is 0.411 e. The third-order valence-corrected chi connectivity index (χ3v) is 28.8. The van der Waals surface area contributed by atoms with Crippen molar-refractivity contribution in [3.8, 4) is 28.7 Å². The van der Waals surface area contributed by atoms with Gasteiger partial charge >= 0.3 is 18.3 Å². The molecule has 13 aromatic carbocycles. The summed E-state index contributed by atoms with van der Waals surface area (Å²) < 4.78 is 45.2. The maximum absolute atomic E-state index is 13.6. The number of hydrogen-bond donors (Lipinski definition) is 7. The molecule has 0 aliphatic carbocycles. The van der Waals surface area contributed by atoms with E-state index in [1.54, 1.807) is 35.2 Å². The number of aromatic amines is 4. The molecule has 10 aliphatic heterocycles. The first-order chi connectivity index (χ1) is 70.8. The standard InChI is InChI=1S/C27H24N2O5.C27H22N2O4.C27H24N2O3.C19H16N2O2.C19H18N2O/c30-23-12-14-29(27(32)34-17-18-6-2-1-3-7-18)25(20-10-11-24-19(16-20)13-15-33-24)26(31)28-22-9-5-4-8-21(22)23;30-26-20-8-4-5-9-22(20)28-24-21(26)15-29(27(31)33-16-17-6-2-1-3-7-17)25(24)19-10-11-23-18(14-19)12-13-32-23;30-27(32-17-18-6-2-1-3-7-18)29-14-12-22-21-8-4-5-9-23(21)28-25(22)26(29)20-10-11-24-19(16-20)13-15-31-24;22-19-13-3-1-2-4-15(13)21-18-14(19)10-20-17(18)12-5-6-16-11(9-12)7-8-23-16;1-2-4-16-14(3-1)15-7-9-20-18(19(15)21-16)13-5-6-17-12(11-13)8-10-22-17/h1-11,16,25H,12-15,17H2,(H,28,31);1-11,14,25H,12-13,15-16H2,(H,28,30);1-11,16,26,28H,12-15,17H2;1-6,9,17,20H,7-8,10H2,(H,21,22);1-6,11,18,20-21H,7-10H2/t2*25-;26-;17-;18-/m11111/s1. The van der Waals surface area contributed by atoms with Crippen molar-refractivity contribution < 1.29 is 61.9 Å². The van der Waals surface area contributed by atoms with Crippen LogP contribution in [0.4, 0.5) is 20.1 Å². The number of rotatable bonds is 11. The molecule has 0 spiro atoms. The topological polar surface area (TPSA) is 302 Å². The summed E-state index contributed by atoms with van der Waals surface area (Å²) >= 11 is 0. The van der Waals surface area contributed by atoms with Gasteiger partial charge in [-0.25, -0.2) is 14.4 Å². The Hall–Kier alpha value is -16.8. The molecule has 144 heavy (non-hydrogen) atoms. The number of benzene rings is 13. The summed E-state index contributed by atoms with van der Waals surface area (Å²) in [4.78, 5) is 111. The van der Waals surface area contributed by atoms with Gasteiger partial charge in [0, 0.05) is 142 Å². The minimum absolute atomic E-state index is 0.0354. The lowest BCUT2D eigenvalue weighted by atomic mass is 9.91. The summed E-state index contributed by atoms with van der Waals surface area (Å²) in [7, 11) is 0. The van der Waals surface area contributed by atoms with Crippen LogP contribution in [0.1, 0.15) is 164 Å². The summed E-state index contributed by atoms with van der Waals surface area (Å²) in [5.74, 6) is 4.08. The van der Waals surface area contributed by atoms with Gasteiger partial charge in [-0.2, -0.15) is 0 Å². The third-order valence-electron chi connectivity index (χ3n) is 28.8. The first-order valence-corrected chi connectivity index (χ1v) is 49.3. The Kier molecular flexibility index (Phi) is 25.3. The van der Waals surface area contributed by atoms with E-state index >= 15 is 0 Å². The van der Waals surface area contributed by atoms with Crippen molar-refractivity contribution in [1.82, 2.24) is 45.3 Å². The van der Waals surface area contributed by atoms with Crippen LogP contribution in [0.25, 0.3) is 43.6 Å². The van der Waals surface area contributed by atoms with Gasteiger partial charge in [0.15, 0.2) is 16.6 Å².